The maximum absolute atomic E-state index is 12.6. The molecule has 3 aromatic carbocycles. The Labute approximate surface area is 197 Å². The van der Waals surface area contributed by atoms with Crippen LogP contribution in [0, 0.1) is 0 Å². The Kier molecular flexibility index (Phi) is 6.69. The molecule has 1 saturated heterocycles. The molecular weight excluding hydrogens is 456 g/mol. The second-order valence-electron chi connectivity index (χ2n) is 7.56. The van der Waals surface area contributed by atoms with Gasteiger partial charge in [0.15, 0.2) is 0 Å². The molecule has 0 radical (unpaired) electrons. The van der Waals surface area contributed by atoms with Crippen LogP contribution in [0.4, 0.5) is 16.2 Å². The van der Waals surface area contributed by atoms with Crippen LogP contribution >= 0.6 is 0 Å². The van der Waals surface area contributed by atoms with Crippen molar-refractivity contribution in [3.63, 3.8) is 0 Å². The van der Waals surface area contributed by atoms with Crippen LogP contribution in [0.2, 0.25) is 0 Å². The minimum atomic E-state index is -4.04. The van der Waals surface area contributed by atoms with Gasteiger partial charge in [0.1, 0.15) is 18.9 Å². The maximum atomic E-state index is 12.6. The molecule has 4 rings (SSSR count). The average Bonchev–Trinajstić information content (AvgIpc) is 3.10. The number of ether oxygens (including phenoxy) is 1. The molecule has 0 unspecified atom stereocenters. The van der Waals surface area contributed by atoms with E-state index in [1.807, 2.05) is 48.0 Å². The van der Waals surface area contributed by atoms with Gasteiger partial charge in [-0.2, -0.15) is 8.42 Å². The molecule has 0 aromatic heterocycles. The van der Waals surface area contributed by atoms with Crippen LogP contribution in [0.5, 0.6) is 5.75 Å². The third-order valence-corrected chi connectivity index (χ3v) is 6.47. The number of nitrogens with zero attached hydrogens (tertiary/aromatic N) is 1. The lowest BCUT2D eigenvalue weighted by Gasteiger charge is -2.20. The summed E-state index contributed by atoms with van der Waals surface area (Å²) in [6.45, 7) is 2.21. The van der Waals surface area contributed by atoms with E-state index < -0.39 is 16.1 Å². The molecule has 0 aliphatic carbocycles. The number of hydrogen-bond donors (Lipinski definition) is 3. The third kappa shape index (κ3) is 5.29. The van der Waals surface area contributed by atoms with Gasteiger partial charge in [-0.15, -0.1) is 0 Å². The Morgan fingerprint density at radius 1 is 1.03 bits per heavy atom. The molecular formula is C24H24N4O5S. The van der Waals surface area contributed by atoms with Gasteiger partial charge in [-0.3, -0.25) is 4.79 Å². The quantitative estimate of drug-likeness (QED) is 0.480. The summed E-state index contributed by atoms with van der Waals surface area (Å²) in [6.07, 6.45) is 0. The van der Waals surface area contributed by atoms with E-state index in [4.69, 9.17) is 4.74 Å². The topological polar surface area (TPSA) is 117 Å². The molecule has 0 saturated carbocycles. The Balaban J connectivity index is 1.69. The number of benzene rings is 3. The number of rotatable bonds is 7. The molecule has 3 aromatic rings. The highest BCUT2D eigenvalue weighted by atomic mass is 32.2. The van der Waals surface area contributed by atoms with Crippen molar-refractivity contribution < 1.29 is 22.7 Å². The second-order valence-corrected chi connectivity index (χ2v) is 9.15. The van der Waals surface area contributed by atoms with Gasteiger partial charge in [-0.05, 0) is 47.9 Å². The Bertz CT molecular complexity index is 1310. The van der Waals surface area contributed by atoms with E-state index in [-0.39, 0.29) is 24.9 Å². The van der Waals surface area contributed by atoms with E-state index in [2.05, 4.69) is 10.6 Å². The number of carbonyl (C=O) groups excluding carboxylic acids is 2. The highest BCUT2D eigenvalue weighted by Gasteiger charge is 2.36. The normalized spacial score (nSPS) is 14.4. The van der Waals surface area contributed by atoms with Crippen LogP contribution in [0.1, 0.15) is 12.5 Å². The zero-order valence-corrected chi connectivity index (χ0v) is 19.3. The minimum absolute atomic E-state index is 0.231. The second kappa shape index (κ2) is 9.84. The molecule has 0 spiro atoms. The lowest BCUT2D eigenvalue weighted by molar-refractivity contribution is -0.117. The summed E-state index contributed by atoms with van der Waals surface area (Å²) >= 11 is 0. The lowest BCUT2D eigenvalue weighted by Crippen LogP contribution is -2.29. The molecule has 0 bridgehead atoms. The van der Waals surface area contributed by atoms with Crippen molar-refractivity contribution in [2.75, 3.05) is 22.7 Å². The van der Waals surface area contributed by atoms with Crippen LogP contribution in [0.15, 0.2) is 72.8 Å². The fourth-order valence-electron chi connectivity index (χ4n) is 3.52. The molecule has 9 nitrogen and oxygen atoms in total. The molecule has 1 fully saturated rings. The van der Waals surface area contributed by atoms with Crippen LogP contribution in [0.25, 0.3) is 11.1 Å². The van der Waals surface area contributed by atoms with E-state index in [0.717, 1.165) is 15.4 Å². The molecule has 1 heterocycles. The fraction of sp³-hybridized carbons (Fsp3) is 0.167. The van der Waals surface area contributed by atoms with E-state index in [9.17, 15) is 18.0 Å². The zero-order chi connectivity index (χ0) is 24.1. The number of carbonyl (C=O) groups is 2. The van der Waals surface area contributed by atoms with Crippen LogP contribution < -0.4 is 24.4 Å². The summed E-state index contributed by atoms with van der Waals surface area (Å²) in [5.41, 5.74) is 3.19. The highest BCUT2D eigenvalue weighted by Crippen LogP contribution is 2.36. The molecule has 3 amide bonds. The van der Waals surface area contributed by atoms with E-state index >= 15 is 0 Å². The molecule has 1 aliphatic rings. The van der Waals surface area contributed by atoms with Crippen molar-refractivity contribution in [2.24, 2.45) is 0 Å². The third-order valence-electron chi connectivity index (χ3n) is 5.08. The predicted molar refractivity (Wildman–Crippen MR) is 130 cm³/mol. The summed E-state index contributed by atoms with van der Waals surface area (Å²) in [6, 6.07) is 21.4. The monoisotopic (exact) mass is 480 g/mol. The van der Waals surface area contributed by atoms with Crippen LogP contribution in [-0.4, -0.2) is 33.4 Å². The molecule has 10 heteroatoms. The maximum Gasteiger partial charge on any atom is 0.326 e. The van der Waals surface area contributed by atoms with Gasteiger partial charge in [0.2, 0.25) is 0 Å². The van der Waals surface area contributed by atoms with Gasteiger partial charge in [-0.25, -0.2) is 13.8 Å². The molecule has 1 aliphatic heterocycles. The van der Waals surface area contributed by atoms with Crippen molar-refractivity contribution in [3.8, 4) is 16.9 Å². The summed E-state index contributed by atoms with van der Waals surface area (Å²) in [7, 11) is -4.04. The Morgan fingerprint density at radius 2 is 1.79 bits per heavy atom. The summed E-state index contributed by atoms with van der Waals surface area (Å²) < 4.78 is 34.1. The van der Waals surface area contributed by atoms with E-state index in [1.54, 1.807) is 36.4 Å². The van der Waals surface area contributed by atoms with Gasteiger partial charge in [-0.1, -0.05) is 48.5 Å². The minimum Gasteiger partial charge on any atom is -0.487 e. The SMILES string of the molecule is CCNC(=O)Nc1cccc(-c2ccc(OCc3ccccc3)c(N3CC(=O)NS3(=O)=O)c2)c1. The summed E-state index contributed by atoms with van der Waals surface area (Å²) in [4.78, 5) is 23.7. The molecule has 3 N–H and O–H groups in total. The van der Waals surface area contributed by atoms with Crippen molar-refractivity contribution in [3.05, 3.63) is 78.4 Å². The van der Waals surface area contributed by atoms with Gasteiger partial charge in [0.05, 0.1) is 5.69 Å². The van der Waals surface area contributed by atoms with Gasteiger partial charge in [0.25, 0.3) is 5.91 Å². The molecule has 176 valence electrons. The summed E-state index contributed by atoms with van der Waals surface area (Å²) in [5.74, 6) is -0.295. The first-order valence-electron chi connectivity index (χ1n) is 10.6. The lowest BCUT2D eigenvalue weighted by atomic mass is 10.0. The molecule has 0 atom stereocenters. The molecule has 34 heavy (non-hydrogen) atoms. The van der Waals surface area contributed by atoms with Crippen molar-refractivity contribution in [1.82, 2.24) is 10.0 Å². The summed E-state index contributed by atoms with van der Waals surface area (Å²) in [5, 5.41) is 5.42. The number of amides is 3. The largest absolute Gasteiger partial charge is 0.487 e. The highest BCUT2D eigenvalue weighted by molar-refractivity contribution is 7.92. The number of anilines is 2. The van der Waals surface area contributed by atoms with Crippen LogP contribution in [0.3, 0.4) is 0 Å². The Morgan fingerprint density at radius 3 is 2.50 bits per heavy atom. The van der Waals surface area contributed by atoms with Crippen molar-refractivity contribution in [2.45, 2.75) is 13.5 Å². The van der Waals surface area contributed by atoms with E-state index in [1.165, 1.54) is 0 Å². The Hall–Kier alpha value is -4.05. The van der Waals surface area contributed by atoms with Gasteiger partial charge < -0.3 is 15.4 Å². The number of urea groups is 1. The fourth-order valence-corrected chi connectivity index (χ4v) is 4.67. The first-order chi connectivity index (χ1) is 16.4. The first-order valence-corrected chi connectivity index (χ1v) is 12.1. The van der Waals surface area contributed by atoms with Crippen molar-refractivity contribution in [1.29, 1.82) is 0 Å². The average molecular weight is 481 g/mol. The van der Waals surface area contributed by atoms with Crippen LogP contribution in [-0.2, 0) is 21.6 Å². The smallest absolute Gasteiger partial charge is 0.326 e. The first kappa shape index (κ1) is 23.1. The predicted octanol–water partition coefficient (Wildman–Crippen LogP) is 3.26. The standard InChI is InChI=1S/C24H24N4O5S/c1-2-25-24(30)26-20-10-6-9-18(13-20)19-11-12-22(33-16-17-7-4-3-5-8-17)21(14-19)28-15-23(29)27-34(28,31)32/h3-14H,2,15-16H2,1H3,(H,27,29)(H2,25,26,30). The van der Waals surface area contributed by atoms with Crippen molar-refractivity contribution >= 4 is 33.5 Å². The van der Waals surface area contributed by atoms with Gasteiger partial charge >= 0.3 is 16.2 Å². The van der Waals surface area contributed by atoms with Gasteiger partial charge in [0, 0.05) is 12.2 Å². The number of hydrogen-bond acceptors (Lipinski definition) is 5. The number of nitrogens with one attached hydrogen (secondary N) is 3. The zero-order valence-electron chi connectivity index (χ0n) is 18.4. The van der Waals surface area contributed by atoms with E-state index in [0.29, 0.717) is 23.5 Å².